The van der Waals surface area contributed by atoms with Crippen molar-refractivity contribution < 1.29 is 24.5 Å². The summed E-state index contributed by atoms with van der Waals surface area (Å²) >= 11 is 0. The van der Waals surface area contributed by atoms with Crippen LogP contribution in [0.2, 0.25) is 0 Å². The van der Waals surface area contributed by atoms with Crippen LogP contribution in [-0.2, 0) is 16.1 Å². The van der Waals surface area contributed by atoms with Crippen molar-refractivity contribution >= 4 is 6.09 Å². The Balaban J connectivity index is 1.82. The summed E-state index contributed by atoms with van der Waals surface area (Å²) in [6, 6.07) is 10.1. The van der Waals surface area contributed by atoms with Crippen molar-refractivity contribution in [1.29, 1.82) is 0 Å². The highest BCUT2D eigenvalue weighted by Gasteiger charge is 2.55. The van der Waals surface area contributed by atoms with Gasteiger partial charge in [0.1, 0.15) is 24.4 Å². The molecule has 3 rings (SSSR count). The van der Waals surface area contributed by atoms with Crippen molar-refractivity contribution in [3.63, 3.8) is 0 Å². The molecule has 0 saturated carbocycles. The molecule has 1 aliphatic rings. The number of nitrogens with zero attached hydrogens (tertiary/aromatic N) is 1. The molecule has 1 saturated heterocycles. The van der Waals surface area contributed by atoms with Crippen molar-refractivity contribution in [3.8, 4) is 0 Å². The first kappa shape index (κ1) is 19.8. The van der Waals surface area contributed by atoms with E-state index in [1.165, 1.54) is 13.1 Å². The third-order valence-electron chi connectivity index (χ3n) is 4.65. The normalized spacial score (nSPS) is 26.8. The molecular weight excluding hydrogens is 370 g/mol. The van der Waals surface area contributed by atoms with Gasteiger partial charge in [0.05, 0.1) is 6.61 Å². The van der Waals surface area contributed by atoms with Crippen LogP contribution in [0, 0.1) is 0 Å². The summed E-state index contributed by atoms with van der Waals surface area (Å²) in [5.41, 5.74) is -2.12. The third-order valence-corrected chi connectivity index (χ3v) is 4.65. The number of rotatable bonds is 5. The zero-order valence-electron chi connectivity index (χ0n) is 15.1. The lowest BCUT2D eigenvalue weighted by molar-refractivity contribution is -0.0501. The van der Waals surface area contributed by atoms with Gasteiger partial charge >= 0.3 is 11.8 Å². The molecular formula is C18H21N3O7. The molecule has 1 amide bonds. The minimum Gasteiger partial charge on any atom is -0.445 e. The highest BCUT2D eigenvalue weighted by atomic mass is 16.6. The minimum atomic E-state index is -1.51. The van der Waals surface area contributed by atoms with Crippen LogP contribution in [0.3, 0.4) is 0 Å². The van der Waals surface area contributed by atoms with E-state index in [4.69, 9.17) is 9.47 Å². The number of aliphatic hydroxyl groups is 2. The number of alkyl carbamates (subject to hydrolysis) is 1. The van der Waals surface area contributed by atoms with Gasteiger partial charge in [0.25, 0.3) is 5.56 Å². The van der Waals surface area contributed by atoms with E-state index in [1.54, 1.807) is 24.3 Å². The number of aromatic amines is 1. The quantitative estimate of drug-likeness (QED) is 0.537. The van der Waals surface area contributed by atoms with Crippen LogP contribution >= 0.6 is 0 Å². The Morgan fingerprint density at radius 1 is 1.32 bits per heavy atom. The van der Waals surface area contributed by atoms with Gasteiger partial charge in [-0.2, -0.15) is 0 Å². The number of benzene rings is 1. The maximum Gasteiger partial charge on any atom is 0.408 e. The molecule has 0 aliphatic carbocycles. The average molecular weight is 391 g/mol. The molecule has 0 bridgehead atoms. The van der Waals surface area contributed by atoms with E-state index in [1.807, 2.05) is 6.07 Å². The number of aromatic nitrogens is 2. The van der Waals surface area contributed by atoms with E-state index in [9.17, 15) is 24.6 Å². The second-order valence-electron chi connectivity index (χ2n) is 6.64. The number of carbonyl (C=O) groups is 1. The highest BCUT2D eigenvalue weighted by Crippen LogP contribution is 2.37. The van der Waals surface area contributed by atoms with Crippen molar-refractivity contribution in [3.05, 3.63) is 69.0 Å². The molecule has 10 nitrogen and oxygen atoms in total. The SMILES string of the molecule is C[C@]1(NC(=O)OCc2ccccc2)[C@H](O)[C@@H](CO)O[C@H]1n1ccc(=O)[nH]c1=O. The fraction of sp³-hybridized carbons (Fsp3) is 0.389. The molecule has 0 spiro atoms. The molecule has 150 valence electrons. The molecule has 10 heteroatoms. The molecule has 0 unspecified atom stereocenters. The van der Waals surface area contributed by atoms with Crippen LogP contribution < -0.4 is 16.6 Å². The smallest absolute Gasteiger partial charge is 0.408 e. The molecule has 4 atom stereocenters. The lowest BCUT2D eigenvalue weighted by Gasteiger charge is -2.33. The van der Waals surface area contributed by atoms with Gasteiger partial charge in [-0.05, 0) is 12.5 Å². The summed E-state index contributed by atoms with van der Waals surface area (Å²) in [4.78, 5) is 37.9. The van der Waals surface area contributed by atoms with Crippen LogP contribution in [0.5, 0.6) is 0 Å². The summed E-state index contributed by atoms with van der Waals surface area (Å²) < 4.78 is 11.8. The predicted octanol–water partition coefficient (Wildman–Crippen LogP) is -0.528. The summed E-state index contributed by atoms with van der Waals surface area (Å²) in [5, 5.41) is 22.6. The highest BCUT2D eigenvalue weighted by molar-refractivity contribution is 5.68. The molecule has 28 heavy (non-hydrogen) atoms. The van der Waals surface area contributed by atoms with Gasteiger partial charge in [0, 0.05) is 12.3 Å². The number of carbonyl (C=O) groups excluding carboxylic acids is 1. The van der Waals surface area contributed by atoms with Crippen LogP contribution in [-0.4, -0.2) is 50.2 Å². The number of H-pyrrole nitrogens is 1. The predicted molar refractivity (Wildman–Crippen MR) is 96.5 cm³/mol. The van der Waals surface area contributed by atoms with Gasteiger partial charge in [-0.25, -0.2) is 9.59 Å². The lowest BCUT2D eigenvalue weighted by atomic mass is 9.92. The van der Waals surface area contributed by atoms with Gasteiger partial charge in [-0.3, -0.25) is 14.3 Å². The maximum atomic E-state index is 12.3. The second-order valence-corrected chi connectivity index (χ2v) is 6.64. The summed E-state index contributed by atoms with van der Waals surface area (Å²) in [6.07, 6.45) is -3.23. The number of ether oxygens (including phenoxy) is 2. The summed E-state index contributed by atoms with van der Waals surface area (Å²) in [6.45, 7) is 0.928. The maximum absolute atomic E-state index is 12.3. The zero-order chi connectivity index (χ0) is 20.3. The Bertz CT molecular complexity index is 942. The monoisotopic (exact) mass is 391 g/mol. The van der Waals surface area contributed by atoms with Gasteiger partial charge in [-0.1, -0.05) is 30.3 Å². The topological polar surface area (TPSA) is 143 Å². The van der Waals surface area contributed by atoms with Crippen molar-refractivity contribution in [1.82, 2.24) is 14.9 Å². The number of amides is 1. The van der Waals surface area contributed by atoms with Crippen LogP contribution in [0.15, 0.2) is 52.2 Å². The van der Waals surface area contributed by atoms with Crippen molar-refractivity contribution in [2.24, 2.45) is 0 Å². The molecule has 2 heterocycles. The molecule has 1 aromatic carbocycles. The van der Waals surface area contributed by atoms with E-state index < -0.39 is 47.9 Å². The first-order chi connectivity index (χ1) is 13.3. The van der Waals surface area contributed by atoms with Gasteiger partial charge in [0.15, 0.2) is 6.23 Å². The summed E-state index contributed by atoms with van der Waals surface area (Å²) in [5.74, 6) is 0. The Morgan fingerprint density at radius 3 is 2.68 bits per heavy atom. The van der Waals surface area contributed by atoms with E-state index in [0.29, 0.717) is 0 Å². The third kappa shape index (κ3) is 3.84. The molecule has 0 radical (unpaired) electrons. The van der Waals surface area contributed by atoms with Crippen molar-refractivity contribution in [2.45, 2.75) is 37.5 Å². The number of aliphatic hydroxyl groups excluding tert-OH is 2. The van der Waals surface area contributed by atoms with Crippen LogP contribution in [0.1, 0.15) is 18.7 Å². The Morgan fingerprint density at radius 2 is 2.04 bits per heavy atom. The molecule has 1 aliphatic heterocycles. The van der Waals surface area contributed by atoms with Gasteiger partial charge in [-0.15, -0.1) is 0 Å². The van der Waals surface area contributed by atoms with E-state index in [-0.39, 0.29) is 6.61 Å². The fourth-order valence-electron chi connectivity index (χ4n) is 3.14. The van der Waals surface area contributed by atoms with Crippen molar-refractivity contribution in [2.75, 3.05) is 6.61 Å². The molecule has 2 aromatic rings. The minimum absolute atomic E-state index is 0.00636. The average Bonchev–Trinajstić information content (AvgIpc) is 2.92. The van der Waals surface area contributed by atoms with E-state index in [2.05, 4.69) is 10.3 Å². The first-order valence-corrected chi connectivity index (χ1v) is 8.60. The Hall–Kier alpha value is -2.95. The lowest BCUT2D eigenvalue weighted by Crippen LogP contribution is -2.58. The number of nitrogens with one attached hydrogen (secondary N) is 2. The number of hydrogen-bond donors (Lipinski definition) is 4. The molecule has 1 aromatic heterocycles. The largest absolute Gasteiger partial charge is 0.445 e. The molecule has 1 fully saturated rings. The van der Waals surface area contributed by atoms with E-state index in [0.717, 1.165) is 16.2 Å². The zero-order valence-corrected chi connectivity index (χ0v) is 15.1. The summed E-state index contributed by atoms with van der Waals surface area (Å²) in [7, 11) is 0. The van der Waals surface area contributed by atoms with E-state index >= 15 is 0 Å². The molecule has 4 N–H and O–H groups in total. The number of hydrogen-bond acceptors (Lipinski definition) is 7. The Kier molecular flexibility index (Phi) is 5.63. The van der Waals surface area contributed by atoms with Gasteiger partial charge < -0.3 is 25.0 Å². The van der Waals surface area contributed by atoms with Crippen LogP contribution in [0.25, 0.3) is 0 Å². The van der Waals surface area contributed by atoms with Crippen LogP contribution in [0.4, 0.5) is 4.79 Å². The standard InChI is InChI=1S/C18H21N3O7/c1-18(20-17(26)27-10-11-5-3-2-4-6-11)14(24)12(9-22)28-15(18)21-8-7-13(23)19-16(21)25/h2-8,12,14-15,22,24H,9-10H2,1H3,(H,20,26)(H,19,23,25)/t12-,14-,15-,18+/m1/s1. The van der Waals surface area contributed by atoms with Gasteiger partial charge in [0.2, 0.25) is 0 Å². The second kappa shape index (κ2) is 7.97. The Labute approximate surface area is 159 Å². The first-order valence-electron chi connectivity index (χ1n) is 8.60. The fourth-order valence-corrected chi connectivity index (χ4v) is 3.14.